The van der Waals surface area contributed by atoms with Gasteiger partial charge in [-0.3, -0.25) is 9.59 Å². The SMILES string of the molecule is COc1cc(C(=O)NCCCC(C)C)c(F)cc1Nc1ncc2c(n1)N(C1CCCC1)CC(F)(F)C(=O)N2C. The Balaban J connectivity index is 1.61. The number of carbonyl (C=O) groups is 2. The molecule has 1 saturated carbocycles. The summed E-state index contributed by atoms with van der Waals surface area (Å²) in [4.78, 5) is 36.1. The topological polar surface area (TPSA) is 99.7 Å². The zero-order chi connectivity index (χ0) is 28.3. The number of fused-ring (bicyclic) bond motifs is 1. The Bertz CT molecular complexity index is 1220. The molecule has 39 heavy (non-hydrogen) atoms. The molecule has 1 aliphatic heterocycles. The second-order valence-electron chi connectivity index (χ2n) is 10.5. The Morgan fingerprint density at radius 3 is 2.64 bits per heavy atom. The summed E-state index contributed by atoms with van der Waals surface area (Å²) in [6, 6.07) is 2.20. The number of aromatic nitrogens is 2. The van der Waals surface area contributed by atoms with Gasteiger partial charge in [0.05, 0.1) is 31.1 Å². The van der Waals surface area contributed by atoms with Crippen LogP contribution in [0.5, 0.6) is 5.75 Å². The molecule has 0 spiro atoms. The molecule has 1 aromatic carbocycles. The molecule has 4 rings (SSSR count). The van der Waals surface area contributed by atoms with Crippen LogP contribution in [0.15, 0.2) is 18.3 Å². The molecule has 2 heterocycles. The van der Waals surface area contributed by atoms with Gasteiger partial charge in [0.25, 0.3) is 11.8 Å². The predicted molar refractivity (Wildman–Crippen MR) is 143 cm³/mol. The van der Waals surface area contributed by atoms with E-state index in [0.717, 1.165) is 36.6 Å². The van der Waals surface area contributed by atoms with Crippen LogP contribution >= 0.6 is 0 Å². The van der Waals surface area contributed by atoms with Crippen LogP contribution in [0.25, 0.3) is 0 Å². The number of halogens is 3. The van der Waals surface area contributed by atoms with Crippen LogP contribution in [0.3, 0.4) is 0 Å². The number of amides is 2. The molecule has 2 aliphatic rings. The number of nitrogens with one attached hydrogen (secondary N) is 2. The fraction of sp³-hybridized carbons (Fsp3) is 0.556. The summed E-state index contributed by atoms with van der Waals surface area (Å²) >= 11 is 0. The van der Waals surface area contributed by atoms with Gasteiger partial charge < -0.3 is 25.2 Å². The van der Waals surface area contributed by atoms with E-state index in [2.05, 4.69) is 34.4 Å². The fourth-order valence-electron chi connectivity index (χ4n) is 5.03. The first kappa shape index (κ1) is 28.4. The standard InChI is InChI=1S/C27H35F3N6O3/c1-16(2)8-7-11-31-24(37)18-12-22(39-4)20(13-19(18)28)33-26-32-14-21-23(34-26)36(17-9-5-6-10-17)15-27(29,30)25(38)35(21)3/h12-14,16-17H,5-11,15H2,1-4H3,(H,31,37)(H,32,33,34). The maximum atomic E-state index is 15.0. The van der Waals surface area contributed by atoms with Crippen molar-refractivity contribution < 1.29 is 27.5 Å². The Morgan fingerprint density at radius 2 is 1.97 bits per heavy atom. The number of carbonyl (C=O) groups excluding carboxylic acids is 2. The van der Waals surface area contributed by atoms with Crippen LogP contribution < -0.4 is 25.2 Å². The van der Waals surface area contributed by atoms with Crippen molar-refractivity contribution in [2.45, 2.75) is 64.3 Å². The molecule has 0 bridgehead atoms. The lowest BCUT2D eigenvalue weighted by atomic mass is 10.1. The van der Waals surface area contributed by atoms with Gasteiger partial charge in [-0.05, 0) is 37.7 Å². The van der Waals surface area contributed by atoms with Gasteiger partial charge in [0.1, 0.15) is 17.3 Å². The first-order valence-electron chi connectivity index (χ1n) is 13.2. The lowest BCUT2D eigenvalue weighted by molar-refractivity contribution is -0.140. The van der Waals surface area contributed by atoms with E-state index >= 15 is 0 Å². The van der Waals surface area contributed by atoms with E-state index in [9.17, 15) is 22.8 Å². The number of hydrogen-bond donors (Lipinski definition) is 2. The van der Waals surface area contributed by atoms with Crippen molar-refractivity contribution in [3.8, 4) is 5.75 Å². The van der Waals surface area contributed by atoms with Gasteiger partial charge in [-0.25, -0.2) is 9.37 Å². The second-order valence-corrected chi connectivity index (χ2v) is 10.5. The van der Waals surface area contributed by atoms with Crippen molar-refractivity contribution in [1.82, 2.24) is 15.3 Å². The summed E-state index contributed by atoms with van der Waals surface area (Å²) in [5, 5.41) is 5.61. The zero-order valence-corrected chi connectivity index (χ0v) is 22.7. The minimum absolute atomic E-state index is 0.00593. The van der Waals surface area contributed by atoms with Crippen LogP contribution in [-0.2, 0) is 4.79 Å². The Kier molecular flexibility index (Phi) is 8.51. The van der Waals surface area contributed by atoms with Gasteiger partial charge in [-0.2, -0.15) is 13.8 Å². The van der Waals surface area contributed by atoms with E-state index in [4.69, 9.17) is 4.74 Å². The molecular formula is C27H35F3N6O3. The highest BCUT2D eigenvalue weighted by atomic mass is 19.3. The molecule has 1 aromatic heterocycles. The van der Waals surface area contributed by atoms with Gasteiger partial charge in [0.2, 0.25) is 5.95 Å². The van der Waals surface area contributed by atoms with Gasteiger partial charge >= 0.3 is 5.92 Å². The zero-order valence-electron chi connectivity index (χ0n) is 22.7. The van der Waals surface area contributed by atoms with Crippen molar-refractivity contribution in [1.29, 1.82) is 0 Å². The van der Waals surface area contributed by atoms with Crippen LogP contribution in [-0.4, -0.2) is 61.0 Å². The normalized spacial score (nSPS) is 17.3. The first-order chi connectivity index (χ1) is 18.5. The highest BCUT2D eigenvalue weighted by molar-refractivity contribution is 6.02. The highest BCUT2D eigenvalue weighted by Crippen LogP contribution is 2.40. The minimum atomic E-state index is -3.59. The van der Waals surface area contributed by atoms with Crippen molar-refractivity contribution in [2.24, 2.45) is 5.92 Å². The van der Waals surface area contributed by atoms with Gasteiger partial charge in [-0.1, -0.05) is 26.7 Å². The fourth-order valence-corrected chi connectivity index (χ4v) is 5.03. The number of benzene rings is 1. The minimum Gasteiger partial charge on any atom is -0.495 e. The maximum absolute atomic E-state index is 15.0. The number of methoxy groups -OCH3 is 1. The van der Waals surface area contributed by atoms with E-state index in [1.54, 1.807) is 0 Å². The molecule has 12 heteroatoms. The molecule has 212 valence electrons. The molecule has 0 radical (unpaired) electrons. The van der Waals surface area contributed by atoms with Gasteiger partial charge in [0, 0.05) is 25.7 Å². The van der Waals surface area contributed by atoms with E-state index in [0.29, 0.717) is 25.3 Å². The van der Waals surface area contributed by atoms with Crippen LogP contribution in [0, 0.1) is 11.7 Å². The van der Waals surface area contributed by atoms with Crippen molar-refractivity contribution >= 4 is 35.0 Å². The number of nitrogens with zero attached hydrogens (tertiary/aromatic N) is 4. The summed E-state index contributed by atoms with van der Waals surface area (Å²) < 4.78 is 50.0. The third kappa shape index (κ3) is 6.20. The quantitative estimate of drug-likeness (QED) is 0.430. The molecule has 2 amide bonds. The molecule has 2 aromatic rings. The summed E-state index contributed by atoms with van der Waals surface area (Å²) in [6.07, 6.45) is 6.23. The number of ether oxygens (including phenoxy) is 1. The van der Waals surface area contributed by atoms with Gasteiger partial charge in [-0.15, -0.1) is 0 Å². The average molecular weight is 549 g/mol. The Hall–Kier alpha value is -3.57. The summed E-state index contributed by atoms with van der Waals surface area (Å²) in [5.74, 6) is -5.36. The third-order valence-electron chi connectivity index (χ3n) is 7.16. The second kappa shape index (κ2) is 11.7. The van der Waals surface area contributed by atoms with Crippen molar-refractivity contribution in [3.05, 3.63) is 29.7 Å². The monoisotopic (exact) mass is 548 g/mol. The molecule has 0 atom stereocenters. The van der Waals surface area contributed by atoms with Crippen molar-refractivity contribution in [2.75, 3.05) is 42.4 Å². The Labute approximate surface area is 226 Å². The van der Waals surface area contributed by atoms with Gasteiger partial charge in [0.15, 0.2) is 5.82 Å². The molecular weight excluding hydrogens is 513 g/mol. The van der Waals surface area contributed by atoms with Crippen LogP contribution in [0.4, 0.5) is 36.3 Å². The van der Waals surface area contributed by atoms with E-state index in [-0.39, 0.29) is 40.5 Å². The lowest BCUT2D eigenvalue weighted by Crippen LogP contribution is -2.48. The van der Waals surface area contributed by atoms with E-state index in [1.165, 1.54) is 31.3 Å². The predicted octanol–water partition coefficient (Wildman–Crippen LogP) is 4.89. The molecule has 2 N–H and O–H groups in total. The summed E-state index contributed by atoms with van der Waals surface area (Å²) in [7, 11) is 2.65. The third-order valence-corrected chi connectivity index (χ3v) is 7.16. The van der Waals surface area contributed by atoms with Crippen molar-refractivity contribution in [3.63, 3.8) is 0 Å². The molecule has 1 fully saturated rings. The summed E-state index contributed by atoms with van der Waals surface area (Å²) in [5.41, 5.74) is 0.152. The lowest BCUT2D eigenvalue weighted by Gasteiger charge is -2.31. The molecule has 0 saturated heterocycles. The number of anilines is 4. The molecule has 9 nitrogen and oxygen atoms in total. The maximum Gasteiger partial charge on any atom is 0.342 e. The number of alkyl halides is 2. The molecule has 1 aliphatic carbocycles. The van der Waals surface area contributed by atoms with E-state index in [1.807, 2.05) is 0 Å². The smallest absolute Gasteiger partial charge is 0.342 e. The first-order valence-corrected chi connectivity index (χ1v) is 13.2. The average Bonchev–Trinajstić information content (AvgIpc) is 3.41. The highest BCUT2D eigenvalue weighted by Gasteiger charge is 2.48. The summed E-state index contributed by atoms with van der Waals surface area (Å²) in [6.45, 7) is 3.81. The molecule has 0 unspecified atom stereocenters. The number of rotatable bonds is 9. The Morgan fingerprint density at radius 1 is 1.26 bits per heavy atom. The number of hydrogen-bond acceptors (Lipinski definition) is 7. The largest absolute Gasteiger partial charge is 0.495 e. The van der Waals surface area contributed by atoms with Crippen LogP contribution in [0.1, 0.15) is 62.7 Å². The van der Waals surface area contributed by atoms with E-state index < -0.39 is 30.1 Å². The van der Waals surface area contributed by atoms with Crippen LogP contribution in [0.2, 0.25) is 0 Å².